The van der Waals surface area contributed by atoms with Crippen molar-refractivity contribution in [2.45, 2.75) is 39.7 Å². The molecule has 4 nitrogen and oxygen atoms in total. The Bertz CT molecular complexity index is 873. The Balaban J connectivity index is 1.72. The van der Waals surface area contributed by atoms with Gasteiger partial charge in [0.05, 0.1) is 0 Å². The molecule has 3 rings (SSSR count). The van der Waals surface area contributed by atoms with Crippen molar-refractivity contribution in [3.63, 3.8) is 0 Å². The average molecular weight is 382 g/mol. The van der Waals surface area contributed by atoms with Crippen molar-refractivity contribution in [1.29, 1.82) is 0 Å². The van der Waals surface area contributed by atoms with Gasteiger partial charge in [-0.2, -0.15) is 0 Å². The Morgan fingerprint density at radius 2 is 1.89 bits per heavy atom. The van der Waals surface area contributed by atoms with Gasteiger partial charge in [-0.25, -0.2) is 4.39 Å². The molecular weight excluding hydrogens is 355 g/mol. The molecular formula is C23H27FN2O2. The number of nitrogens with one attached hydrogen (secondary N) is 1. The maximum atomic E-state index is 13.3. The van der Waals surface area contributed by atoms with Gasteiger partial charge >= 0.3 is 0 Å². The maximum Gasteiger partial charge on any atom is 0.255 e. The Hall–Kier alpha value is -2.69. The van der Waals surface area contributed by atoms with Crippen LogP contribution >= 0.6 is 0 Å². The molecule has 1 unspecified atom stereocenters. The van der Waals surface area contributed by atoms with Crippen molar-refractivity contribution < 1.29 is 14.0 Å². The van der Waals surface area contributed by atoms with E-state index in [1.807, 2.05) is 24.3 Å². The van der Waals surface area contributed by atoms with Gasteiger partial charge in [-0.05, 0) is 47.6 Å². The lowest BCUT2D eigenvalue weighted by atomic mass is 9.92. The summed E-state index contributed by atoms with van der Waals surface area (Å²) in [5, 5.41) is 2.93. The van der Waals surface area contributed by atoms with Crippen LogP contribution in [0.1, 0.15) is 54.7 Å². The molecule has 0 aliphatic carbocycles. The monoisotopic (exact) mass is 382 g/mol. The first-order chi connectivity index (χ1) is 13.3. The van der Waals surface area contributed by atoms with E-state index in [-0.39, 0.29) is 23.0 Å². The van der Waals surface area contributed by atoms with Crippen LogP contribution in [-0.4, -0.2) is 29.8 Å². The number of hydrogen-bond acceptors (Lipinski definition) is 2. The number of carbonyl (C=O) groups excluding carboxylic acids is 2. The lowest BCUT2D eigenvalue weighted by Crippen LogP contribution is -2.41. The standard InChI is InChI=1S/C23H27FN2O2/c1-23(2,3)12-14-26-20(18-9-4-5-10-19(18)22(26)28)21(27)25-13-11-16-7-6-8-17(24)15-16/h4-10,15,20H,11-14H2,1-3H3,(H,25,27). The molecule has 0 radical (unpaired) electrons. The average Bonchev–Trinajstić information content (AvgIpc) is 2.92. The summed E-state index contributed by atoms with van der Waals surface area (Å²) in [7, 11) is 0. The first-order valence-electron chi connectivity index (χ1n) is 9.68. The lowest BCUT2D eigenvalue weighted by Gasteiger charge is -2.28. The first kappa shape index (κ1) is 20.1. The quantitative estimate of drug-likeness (QED) is 0.817. The second-order valence-electron chi connectivity index (χ2n) is 8.47. The van der Waals surface area contributed by atoms with Crippen LogP contribution in [0.4, 0.5) is 4.39 Å². The molecule has 28 heavy (non-hydrogen) atoms. The molecule has 1 N–H and O–H groups in total. The zero-order valence-electron chi connectivity index (χ0n) is 16.7. The van der Waals surface area contributed by atoms with Crippen molar-refractivity contribution in [3.05, 3.63) is 71.0 Å². The lowest BCUT2D eigenvalue weighted by molar-refractivity contribution is -0.125. The summed E-state index contributed by atoms with van der Waals surface area (Å²) in [6, 6.07) is 13.1. The fourth-order valence-corrected chi connectivity index (χ4v) is 3.46. The van der Waals surface area contributed by atoms with Crippen LogP contribution < -0.4 is 5.32 Å². The number of carbonyl (C=O) groups is 2. The van der Waals surface area contributed by atoms with Crippen molar-refractivity contribution in [1.82, 2.24) is 10.2 Å². The normalized spacial score (nSPS) is 16.2. The van der Waals surface area contributed by atoms with Gasteiger partial charge in [-0.1, -0.05) is 51.1 Å². The van der Waals surface area contributed by atoms with Crippen molar-refractivity contribution in [3.8, 4) is 0 Å². The van der Waals surface area contributed by atoms with E-state index in [0.717, 1.165) is 17.5 Å². The summed E-state index contributed by atoms with van der Waals surface area (Å²) < 4.78 is 13.3. The molecule has 0 saturated heterocycles. The zero-order chi connectivity index (χ0) is 20.3. The van der Waals surface area contributed by atoms with E-state index in [2.05, 4.69) is 26.1 Å². The molecule has 1 aliphatic rings. The Kier molecular flexibility index (Phi) is 5.82. The van der Waals surface area contributed by atoms with Crippen LogP contribution in [-0.2, 0) is 11.2 Å². The summed E-state index contributed by atoms with van der Waals surface area (Å²) in [5.74, 6) is -0.568. The highest BCUT2D eigenvalue weighted by molar-refractivity contribution is 6.04. The van der Waals surface area contributed by atoms with E-state index in [1.165, 1.54) is 12.1 Å². The smallest absolute Gasteiger partial charge is 0.255 e. The number of benzene rings is 2. The highest BCUT2D eigenvalue weighted by Gasteiger charge is 2.40. The summed E-state index contributed by atoms with van der Waals surface area (Å²) in [6.07, 6.45) is 1.34. The topological polar surface area (TPSA) is 49.4 Å². The third-order valence-corrected chi connectivity index (χ3v) is 5.01. The van der Waals surface area contributed by atoms with E-state index in [0.29, 0.717) is 25.1 Å². The van der Waals surface area contributed by atoms with Crippen LogP contribution in [0.3, 0.4) is 0 Å². The van der Waals surface area contributed by atoms with E-state index in [1.54, 1.807) is 17.0 Å². The molecule has 2 amide bonds. The number of amides is 2. The molecule has 0 aromatic heterocycles. The molecule has 1 atom stereocenters. The van der Waals surface area contributed by atoms with Crippen molar-refractivity contribution in [2.24, 2.45) is 5.41 Å². The third kappa shape index (κ3) is 4.58. The molecule has 2 aromatic carbocycles. The molecule has 148 valence electrons. The van der Waals surface area contributed by atoms with Crippen molar-refractivity contribution >= 4 is 11.8 Å². The minimum Gasteiger partial charge on any atom is -0.354 e. The number of fused-ring (bicyclic) bond motifs is 1. The molecule has 2 aromatic rings. The Morgan fingerprint density at radius 1 is 1.14 bits per heavy atom. The van der Waals surface area contributed by atoms with Gasteiger partial charge < -0.3 is 10.2 Å². The largest absolute Gasteiger partial charge is 0.354 e. The number of nitrogens with zero attached hydrogens (tertiary/aromatic N) is 1. The molecule has 1 heterocycles. The maximum absolute atomic E-state index is 13.3. The van der Waals surface area contributed by atoms with Crippen LogP contribution in [0.25, 0.3) is 0 Å². The number of hydrogen-bond donors (Lipinski definition) is 1. The highest BCUT2D eigenvalue weighted by Crippen LogP contribution is 2.35. The van der Waals surface area contributed by atoms with Crippen molar-refractivity contribution in [2.75, 3.05) is 13.1 Å². The molecule has 0 spiro atoms. The van der Waals surface area contributed by atoms with Gasteiger partial charge in [0.25, 0.3) is 5.91 Å². The van der Waals surface area contributed by atoms with Gasteiger partial charge in [0.2, 0.25) is 5.91 Å². The van der Waals surface area contributed by atoms with Gasteiger partial charge in [0, 0.05) is 18.7 Å². The Morgan fingerprint density at radius 3 is 2.61 bits per heavy atom. The van der Waals surface area contributed by atoms with Crippen LogP contribution in [0.2, 0.25) is 0 Å². The van der Waals surface area contributed by atoms with E-state index in [4.69, 9.17) is 0 Å². The molecule has 0 saturated carbocycles. The predicted octanol–water partition coefficient (Wildman–Crippen LogP) is 4.12. The van der Waals surface area contributed by atoms with E-state index in [9.17, 15) is 14.0 Å². The molecule has 1 aliphatic heterocycles. The summed E-state index contributed by atoms with van der Waals surface area (Å²) in [6.45, 7) is 7.28. The van der Waals surface area contributed by atoms with Crippen LogP contribution in [0.15, 0.2) is 48.5 Å². The first-order valence-corrected chi connectivity index (χ1v) is 9.68. The fourth-order valence-electron chi connectivity index (χ4n) is 3.46. The molecule has 5 heteroatoms. The number of halogens is 1. The van der Waals surface area contributed by atoms with Gasteiger partial charge in [-0.15, -0.1) is 0 Å². The minimum atomic E-state index is -0.612. The van der Waals surface area contributed by atoms with Gasteiger partial charge in [0.1, 0.15) is 11.9 Å². The summed E-state index contributed by atoms with van der Waals surface area (Å²) in [4.78, 5) is 27.5. The summed E-state index contributed by atoms with van der Waals surface area (Å²) in [5.41, 5.74) is 2.24. The SMILES string of the molecule is CC(C)(C)CCN1C(=O)c2ccccc2C1C(=O)NCCc1cccc(F)c1. The van der Waals surface area contributed by atoms with Crippen LogP contribution in [0, 0.1) is 11.2 Å². The van der Waals surface area contributed by atoms with E-state index < -0.39 is 6.04 Å². The molecule has 0 fully saturated rings. The number of rotatable bonds is 6. The zero-order valence-corrected chi connectivity index (χ0v) is 16.7. The van der Waals surface area contributed by atoms with Crippen LogP contribution in [0.5, 0.6) is 0 Å². The Labute approximate surface area is 165 Å². The minimum absolute atomic E-state index is 0.0630. The highest BCUT2D eigenvalue weighted by atomic mass is 19.1. The van der Waals surface area contributed by atoms with E-state index >= 15 is 0 Å². The van der Waals surface area contributed by atoms with Gasteiger partial charge in [-0.3, -0.25) is 9.59 Å². The van der Waals surface area contributed by atoms with Gasteiger partial charge in [0.15, 0.2) is 0 Å². The second-order valence-corrected chi connectivity index (χ2v) is 8.47. The third-order valence-electron chi connectivity index (χ3n) is 5.01. The molecule has 0 bridgehead atoms. The predicted molar refractivity (Wildman–Crippen MR) is 107 cm³/mol. The summed E-state index contributed by atoms with van der Waals surface area (Å²) >= 11 is 0. The fraction of sp³-hybridized carbons (Fsp3) is 0.391. The second kappa shape index (κ2) is 8.13.